The highest BCUT2D eigenvalue weighted by Crippen LogP contribution is 2.67. The van der Waals surface area contributed by atoms with Gasteiger partial charge in [-0.05, 0) is 141 Å². The Kier molecular flexibility index (Phi) is 8.50. The predicted molar refractivity (Wildman–Crippen MR) is 284 cm³/mol. The van der Waals surface area contributed by atoms with E-state index in [1.165, 1.54) is 77.1 Å². The summed E-state index contributed by atoms with van der Waals surface area (Å²) in [6.45, 7) is 0. The number of hydrogen-bond donors (Lipinski definition) is 0. The molecule has 0 saturated heterocycles. The zero-order chi connectivity index (χ0) is 44.8. The SMILES string of the molecule is c1ccc(N(c2ccccc2)c2ccc3c(c2)-c2ccccc2C32c3ccccc3-c3c2c(N(c2ccccc2)c2ccc4c(c2)c2ccccc2n4-c2ccccc2)cc2ccccc32)cc1. The van der Waals surface area contributed by atoms with Gasteiger partial charge in [-0.3, -0.25) is 0 Å². The number of anilines is 6. The van der Waals surface area contributed by atoms with Crippen molar-refractivity contribution in [3.63, 3.8) is 0 Å². The topological polar surface area (TPSA) is 11.4 Å². The maximum Gasteiger partial charge on any atom is 0.0746 e. The minimum absolute atomic E-state index is 0.638. The van der Waals surface area contributed by atoms with E-state index in [0.717, 1.165) is 39.8 Å². The van der Waals surface area contributed by atoms with Crippen molar-refractivity contribution < 1.29 is 0 Å². The van der Waals surface area contributed by atoms with Gasteiger partial charge >= 0.3 is 0 Å². The molecule has 0 radical (unpaired) electrons. The first-order chi connectivity index (χ1) is 33.8. The molecule has 0 saturated carbocycles. The van der Waals surface area contributed by atoms with Crippen LogP contribution >= 0.6 is 0 Å². The minimum Gasteiger partial charge on any atom is -0.310 e. The summed E-state index contributed by atoms with van der Waals surface area (Å²) >= 11 is 0. The van der Waals surface area contributed by atoms with Gasteiger partial charge in [-0.25, -0.2) is 0 Å². The first kappa shape index (κ1) is 38.4. The minimum atomic E-state index is -0.638. The molecule has 11 aromatic carbocycles. The van der Waals surface area contributed by atoms with Gasteiger partial charge < -0.3 is 14.4 Å². The smallest absolute Gasteiger partial charge is 0.0746 e. The average molecular weight is 866 g/mol. The van der Waals surface area contributed by atoms with E-state index in [0.29, 0.717) is 0 Å². The second-order valence-corrected chi connectivity index (χ2v) is 18.0. The lowest BCUT2D eigenvalue weighted by molar-refractivity contribution is 0.793. The second kappa shape index (κ2) is 15.1. The largest absolute Gasteiger partial charge is 0.310 e. The van der Waals surface area contributed by atoms with Crippen molar-refractivity contribution >= 4 is 66.7 Å². The Morgan fingerprint density at radius 1 is 0.309 bits per heavy atom. The van der Waals surface area contributed by atoms with Crippen LogP contribution in [0.2, 0.25) is 0 Å². The maximum atomic E-state index is 2.54. The molecule has 0 fully saturated rings. The van der Waals surface area contributed by atoms with E-state index in [2.05, 4.69) is 275 Å². The fourth-order valence-electron chi connectivity index (χ4n) is 11.9. The maximum absolute atomic E-state index is 2.54. The van der Waals surface area contributed by atoms with Gasteiger partial charge in [0.1, 0.15) is 0 Å². The highest BCUT2D eigenvalue weighted by molar-refractivity contribution is 6.13. The van der Waals surface area contributed by atoms with Crippen molar-refractivity contribution in [3.05, 3.63) is 283 Å². The van der Waals surface area contributed by atoms with Gasteiger partial charge in [0.2, 0.25) is 0 Å². The summed E-state index contributed by atoms with van der Waals surface area (Å²) in [5.74, 6) is 0. The van der Waals surface area contributed by atoms with E-state index in [9.17, 15) is 0 Å². The van der Waals surface area contributed by atoms with Gasteiger partial charge in [-0.15, -0.1) is 0 Å². The van der Waals surface area contributed by atoms with Crippen LogP contribution in [0.4, 0.5) is 34.1 Å². The number of nitrogens with zero attached hydrogens (tertiary/aromatic N) is 3. The molecule has 0 aliphatic heterocycles. The second-order valence-electron chi connectivity index (χ2n) is 18.0. The monoisotopic (exact) mass is 865 g/mol. The third-order valence-electron chi connectivity index (χ3n) is 14.5. The third-order valence-corrected chi connectivity index (χ3v) is 14.5. The van der Waals surface area contributed by atoms with Crippen LogP contribution in [0.1, 0.15) is 22.3 Å². The van der Waals surface area contributed by atoms with Crippen LogP contribution in [0, 0.1) is 0 Å². The van der Waals surface area contributed by atoms with Crippen molar-refractivity contribution in [3.8, 4) is 27.9 Å². The highest BCUT2D eigenvalue weighted by atomic mass is 15.2. The van der Waals surface area contributed by atoms with E-state index >= 15 is 0 Å². The van der Waals surface area contributed by atoms with Crippen LogP contribution in [0.15, 0.2) is 261 Å². The summed E-state index contributed by atoms with van der Waals surface area (Å²) in [5.41, 5.74) is 19.9. The van der Waals surface area contributed by atoms with E-state index in [4.69, 9.17) is 0 Å². The molecule has 1 unspecified atom stereocenters. The first-order valence-electron chi connectivity index (χ1n) is 23.5. The number of benzene rings is 11. The zero-order valence-electron chi connectivity index (χ0n) is 37.2. The van der Waals surface area contributed by atoms with Gasteiger partial charge in [0.15, 0.2) is 0 Å². The molecule has 1 spiro atoms. The van der Waals surface area contributed by atoms with Crippen molar-refractivity contribution in [2.45, 2.75) is 5.41 Å². The number of hydrogen-bond acceptors (Lipinski definition) is 2. The molecule has 3 heteroatoms. The lowest BCUT2D eigenvalue weighted by atomic mass is 9.69. The Labute approximate surface area is 395 Å². The lowest BCUT2D eigenvalue weighted by Gasteiger charge is -2.36. The fourth-order valence-corrected chi connectivity index (χ4v) is 11.9. The molecule has 0 amide bonds. The van der Waals surface area contributed by atoms with E-state index in [1.807, 2.05) is 0 Å². The van der Waals surface area contributed by atoms with Gasteiger partial charge in [0, 0.05) is 50.5 Å². The molecule has 1 aromatic heterocycles. The van der Waals surface area contributed by atoms with Gasteiger partial charge in [0.25, 0.3) is 0 Å². The van der Waals surface area contributed by atoms with Crippen LogP contribution in [-0.2, 0) is 5.41 Å². The number of fused-ring (bicyclic) bond motifs is 15. The predicted octanol–water partition coefficient (Wildman–Crippen LogP) is 17.2. The number of rotatable bonds is 7. The van der Waals surface area contributed by atoms with Gasteiger partial charge in [0.05, 0.1) is 22.1 Å². The normalized spacial score (nSPS) is 14.2. The quantitative estimate of drug-likeness (QED) is 0.158. The summed E-state index contributed by atoms with van der Waals surface area (Å²) in [5, 5.41) is 4.90. The molecule has 318 valence electrons. The molecule has 1 heterocycles. The summed E-state index contributed by atoms with van der Waals surface area (Å²) in [4.78, 5) is 4.92. The van der Waals surface area contributed by atoms with Crippen LogP contribution in [0.25, 0.3) is 60.5 Å². The van der Waals surface area contributed by atoms with Crippen molar-refractivity contribution in [2.75, 3.05) is 9.80 Å². The van der Waals surface area contributed by atoms with Crippen molar-refractivity contribution in [2.24, 2.45) is 0 Å². The van der Waals surface area contributed by atoms with E-state index in [-0.39, 0.29) is 0 Å². The van der Waals surface area contributed by atoms with Crippen molar-refractivity contribution in [1.82, 2.24) is 4.57 Å². The highest BCUT2D eigenvalue weighted by Gasteiger charge is 2.54. The molecule has 68 heavy (non-hydrogen) atoms. The van der Waals surface area contributed by atoms with Crippen LogP contribution in [-0.4, -0.2) is 4.57 Å². The number of para-hydroxylation sites is 5. The zero-order valence-corrected chi connectivity index (χ0v) is 37.2. The summed E-state index contributed by atoms with van der Waals surface area (Å²) in [7, 11) is 0. The van der Waals surface area contributed by atoms with Gasteiger partial charge in [-0.1, -0.05) is 170 Å². The van der Waals surface area contributed by atoms with E-state index < -0.39 is 5.41 Å². The molecule has 14 rings (SSSR count). The Hall–Kier alpha value is -8.92. The fraction of sp³-hybridized carbons (Fsp3) is 0.0154. The molecule has 1 atom stereocenters. The summed E-state index contributed by atoms with van der Waals surface area (Å²) in [6, 6.07) is 96.2. The Bertz CT molecular complexity index is 3870. The molecular weight excluding hydrogens is 823 g/mol. The Balaban J connectivity index is 1.08. The van der Waals surface area contributed by atoms with Crippen LogP contribution in [0.3, 0.4) is 0 Å². The molecule has 0 bridgehead atoms. The molecular formula is C65H43N3. The van der Waals surface area contributed by atoms with Crippen LogP contribution in [0.5, 0.6) is 0 Å². The standard InChI is InChI=1S/C65H43N3/c1-5-22-45(23-6-1)66(46-24-7-2-8-25-46)49-37-39-59-55(42-49)52-31-15-18-34-57(52)65(59)58-35-19-16-33-54(58)63-51-30-14-13-21-44(51)41-62(64(63)65)67(47-26-9-3-10-27-47)50-38-40-61-56(43-50)53-32-17-20-36-60(53)68(61)48-28-11-4-12-29-48/h1-43H. The summed E-state index contributed by atoms with van der Waals surface area (Å²) in [6.07, 6.45) is 0. The molecule has 2 aliphatic carbocycles. The third kappa shape index (κ3) is 5.47. The van der Waals surface area contributed by atoms with Gasteiger partial charge in [-0.2, -0.15) is 0 Å². The molecule has 2 aliphatic rings. The van der Waals surface area contributed by atoms with Crippen LogP contribution < -0.4 is 9.80 Å². The molecule has 3 nitrogen and oxygen atoms in total. The Morgan fingerprint density at radius 2 is 0.809 bits per heavy atom. The average Bonchev–Trinajstić information content (AvgIpc) is 4.02. The Morgan fingerprint density at radius 3 is 1.51 bits per heavy atom. The molecule has 12 aromatic rings. The summed E-state index contributed by atoms with van der Waals surface area (Å²) < 4.78 is 2.40. The first-order valence-corrected chi connectivity index (χ1v) is 23.5. The number of aromatic nitrogens is 1. The van der Waals surface area contributed by atoms with Crippen molar-refractivity contribution in [1.29, 1.82) is 0 Å². The lowest BCUT2D eigenvalue weighted by Crippen LogP contribution is -2.28. The van der Waals surface area contributed by atoms with E-state index in [1.54, 1.807) is 0 Å². The molecule has 0 N–H and O–H groups in total.